The largest absolute Gasteiger partial charge is 0.491 e. The molecule has 0 aliphatic carbocycles. The van der Waals surface area contributed by atoms with E-state index in [9.17, 15) is 5.11 Å². The minimum Gasteiger partial charge on any atom is -0.491 e. The number of aliphatic hydroxyl groups excluding tert-OH is 1. The summed E-state index contributed by atoms with van der Waals surface area (Å²) in [6, 6.07) is 19.5. The molecular formula is C18H24O2. The third-order valence-electron chi connectivity index (χ3n) is 3.07. The number of hydrogen-bond acceptors (Lipinski definition) is 2. The fourth-order valence-electron chi connectivity index (χ4n) is 1.82. The second-order valence-corrected chi connectivity index (χ2v) is 4.39. The van der Waals surface area contributed by atoms with E-state index in [0.717, 1.165) is 11.3 Å². The molecule has 0 radical (unpaired) electrons. The second-order valence-electron chi connectivity index (χ2n) is 4.39. The van der Waals surface area contributed by atoms with Crippen molar-refractivity contribution in [1.82, 2.24) is 0 Å². The van der Waals surface area contributed by atoms with Crippen LogP contribution in [0.4, 0.5) is 0 Å². The molecule has 2 atom stereocenters. The molecule has 0 heterocycles. The van der Waals surface area contributed by atoms with Crippen LogP contribution >= 0.6 is 0 Å². The first-order valence-electron chi connectivity index (χ1n) is 7.18. The van der Waals surface area contributed by atoms with Crippen molar-refractivity contribution in [3.8, 4) is 5.75 Å². The molecular weight excluding hydrogens is 248 g/mol. The lowest BCUT2D eigenvalue weighted by molar-refractivity contribution is 0.0884. The van der Waals surface area contributed by atoms with Gasteiger partial charge in [-0.05, 0) is 17.7 Å². The Hall–Kier alpha value is -1.80. The molecule has 2 nitrogen and oxygen atoms in total. The van der Waals surface area contributed by atoms with Gasteiger partial charge in [-0.1, -0.05) is 69.3 Å². The maximum Gasteiger partial charge on any atom is 0.119 e. The average molecular weight is 272 g/mol. The lowest BCUT2D eigenvalue weighted by Gasteiger charge is -2.19. The highest BCUT2D eigenvalue weighted by molar-refractivity contribution is 5.22. The molecule has 2 aromatic rings. The maximum atomic E-state index is 10.1. The Morgan fingerprint density at radius 2 is 1.40 bits per heavy atom. The molecule has 0 aliphatic heterocycles. The summed E-state index contributed by atoms with van der Waals surface area (Å²) in [7, 11) is 0. The monoisotopic (exact) mass is 272 g/mol. The fraction of sp³-hybridized carbons (Fsp3) is 0.333. The van der Waals surface area contributed by atoms with Crippen LogP contribution < -0.4 is 4.74 Å². The van der Waals surface area contributed by atoms with Gasteiger partial charge in [-0.15, -0.1) is 0 Å². The molecule has 0 aromatic heterocycles. The number of ether oxygens (including phenoxy) is 1. The highest BCUT2D eigenvalue weighted by Gasteiger charge is 2.16. The highest BCUT2D eigenvalue weighted by atomic mass is 16.5. The molecule has 2 heteroatoms. The van der Waals surface area contributed by atoms with Crippen molar-refractivity contribution in [2.45, 2.75) is 32.8 Å². The molecule has 0 spiro atoms. The molecule has 20 heavy (non-hydrogen) atoms. The van der Waals surface area contributed by atoms with Crippen LogP contribution in [-0.2, 0) is 0 Å². The minimum atomic E-state index is -0.507. The number of rotatable bonds is 5. The first kappa shape index (κ1) is 16.3. The Kier molecular flexibility index (Phi) is 7.44. The predicted molar refractivity (Wildman–Crippen MR) is 84.1 cm³/mol. The number of hydrogen-bond donors (Lipinski definition) is 1. The third kappa shape index (κ3) is 5.06. The zero-order valence-electron chi connectivity index (χ0n) is 12.5. The van der Waals surface area contributed by atoms with Gasteiger partial charge in [0.1, 0.15) is 12.4 Å². The van der Waals surface area contributed by atoms with E-state index in [1.165, 1.54) is 0 Å². The number of benzene rings is 2. The quantitative estimate of drug-likeness (QED) is 0.881. The molecule has 0 saturated carbocycles. The Balaban J connectivity index is 0.000000956. The first-order chi connectivity index (χ1) is 9.77. The van der Waals surface area contributed by atoms with E-state index >= 15 is 0 Å². The van der Waals surface area contributed by atoms with E-state index in [1.807, 2.05) is 81.4 Å². The van der Waals surface area contributed by atoms with Gasteiger partial charge in [-0.2, -0.15) is 0 Å². The van der Waals surface area contributed by atoms with Gasteiger partial charge >= 0.3 is 0 Å². The van der Waals surface area contributed by atoms with Crippen molar-refractivity contribution in [1.29, 1.82) is 0 Å². The van der Waals surface area contributed by atoms with E-state index in [4.69, 9.17) is 4.74 Å². The van der Waals surface area contributed by atoms with Crippen LogP contribution in [-0.4, -0.2) is 17.8 Å². The van der Waals surface area contributed by atoms with E-state index < -0.39 is 6.10 Å². The third-order valence-corrected chi connectivity index (χ3v) is 3.07. The van der Waals surface area contributed by atoms with Crippen LogP contribution in [0.5, 0.6) is 5.75 Å². The van der Waals surface area contributed by atoms with Gasteiger partial charge in [0, 0.05) is 5.92 Å². The van der Waals surface area contributed by atoms with Gasteiger partial charge in [0.15, 0.2) is 0 Å². The molecule has 0 bridgehead atoms. The molecule has 2 rings (SSSR count). The Labute approximate surface area is 122 Å². The lowest BCUT2D eigenvalue weighted by atomic mass is 9.96. The SMILES string of the molecule is CC.C[C@H](c1ccccc1)[C@H](O)COc1ccccc1. The summed E-state index contributed by atoms with van der Waals surface area (Å²) in [6.07, 6.45) is -0.507. The molecule has 108 valence electrons. The fourth-order valence-corrected chi connectivity index (χ4v) is 1.82. The summed E-state index contributed by atoms with van der Waals surface area (Å²) >= 11 is 0. The van der Waals surface area contributed by atoms with Crippen LogP contribution in [0.15, 0.2) is 60.7 Å². The van der Waals surface area contributed by atoms with Gasteiger partial charge in [-0.25, -0.2) is 0 Å². The van der Waals surface area contributed by atoms with Gasteiger partial charge in [0.05, 0.1) is 6.10 Å². The van der Waals surface area contributed by atoms with E-state index in [-0.39, 0.29) is 5.92 Å². The van der Waals surface area contributed by atoms with Crippen LogP contribution in [0.25, 0.3) is 0 Å². The average Bonchev–Trinajstić information content (AvgIpc) is 2.55. The summed E-state index contributed by atoms with van der Waals surface area (Å²) in [4.78, 5) is 0. The predicted octanol–water partition coefficient (Wildman–Crippen LogP) is 4.26. The number of para-hydroxylation sites is 1. The molecule has 0 unspecified atom stereocenters. The molecule has 1 N–H and O–H groups in total. The summed E-state index contributed by atoms with van der Waals surface area (Å²) in [6.45, 7) is 6.31. The first-order valence-corrected chi connectivity index (χ1v) is 7.18. The normalized spacial score (nSPS) is 12.8. The smallest absolute Gasteiger partial charge is 0.119 e. The molecule has 0 fully saturated rings. The molecule has 0 aliphatic rings. The number of aliphatic hydroxyl groups is 1. The summed E-state index contributed by atoms with van der Waals surface area (Å²) in [5.41, 5.74) is 1.13. The van der Waals surface area contributed by atoms with Crippen LogP contribution in [0.1, 0.15) is 32.3 Å². The Bertz CT molecular complexity index is 453. The van der Waals surface area contributed by atoms with Crippen molar-refractivity contribution < 1.29 is 9.84 Å². The van der Waals surface area contributed by atoms with E-state index in [2.05, 4.69) is 0 Å². The van der Waals surface area contributed by atoms with Gasteiger partial charge in [0.2, 0.25) is 0 Å². The van der Waals surface area contributed by atoms with Gasteiger partial charge in [-0.3, -0.25) is 0 Å². The zero-order chi connectivity index (χ0) is 14.8. The van der Waals surface area contributed by atoms with Gasteiger partial charge < -0.3 is 9.84 Å². The Morgan fingerprint density at radius 1 is 0.900 bits per heavy atom. The van der Waals surface area contributed by atoms with Crippen molar-refractivity contribution in [3.05, 3.63) is 66.2 Å². The standard InChI is InChI=1S/C16H18O2.C2H6/c1-13(14-8-4-2-5-9-14)16(17)12-18-15-10-6-3-7-11-15;1-2/h2-11,13,16-17H,12H2,1H3;1-2H3/t13-,16-;/m1./s1. The molecule has 0 amide bonds. The summed E-state index contributed by atoms with van der Waals surface area (Å²) in [5, 5.41) is 10.1. The van der Waals surface area contributed by atoms with E-state index in [1.54, 1.807) is 0 Å². The van der Waals surface area contributed by atoms with Crippen LogP contribution in [0.3, 0.4) is 0 Å². The zero-order valence-corrected chi connectivity index (χ0v) is 12.5. The van der Waals surface area contributed by atoms with Crippen molar-refractivity contribution >= 4 is 0 Å². The minimum absolute atomic E-state index is 0.0647. The second kappa shape index (κ2) is 9.16. The van der Waals surface area contributed by atoms with Crippen LogP contribution in [0, 0.1) is 0 Å². The van der Waals surface area contributed by atoms with Crippen molar-refractivity contribution in [2.75, 3.05) is 6.61 Å². The maximum absolute atomic E-state index is 10.1. The summed E-state index contributed by atoms with van der Waals surface area (Å²) in [5.74, 6) is 0.853. The van der Waals surface area contributed by atoms with Gasteiger partial charge in [0.25, 0.3) is 0 Å². The Morgan fingerprint density at radius 3 is 1.95 bits per heavy atom. The van der Waals surface area contributed by atoms with E-state index in [0.29, 0.717) is 6.61 Å². The topological polar surface area (TPSA) is 29.5 Å². The molecule has 0 saturated heterocycles. The lowest BCUT2D eigenvalue weighted by Crippen LogP contribution is -2.23. The van der Waals surface area contributed by atoms with Crippen LogP contribution in [0.2, 0.25) is 0 Å². The summed E-state index contributed by atoms with van der Waals surface area (Å²) < 4.78 is 5.56. The highest BCUT2D eigenvalue weighted by Crippen LogP contribution is 2.19. The van der Waals surface area contributed by atoms with Crippen molar-refractivity contribution in [3.63, 3.8) is 0 Å². The van der Waals surface area contributed by atoms with Crippen molar-refractivity contribution in [2.24, 2.45) is 0 Å². The molecule has 2 aromatic carbocycles.